The molecular weight excluding hydrogens is 196 g/mol. The van der Waals surface area contributed by atoms with Crippen LogP contribution in [0.3, 0.4) is 0 Å². The zero-order valence-corrected chi connectivity index (χ0v) is 8.43. The Bertz CT molecular complexity index is 471. The molecule has 1 aliphatic heterocycles. The van der Waals surface area contributed by atoms with E-state index in [4.69, 9.17) is 11.6 Å². The van der Waals surface area contributed by atoms with Gasteiger partial charge < -0.3 is 10.3 Å². The molecule has 2 nitrogen and oxygen atoms in total. The van der Waals surface area contributed by atoms with Crippen molar-refractivity contribution in [2.45, 2.75) is 12.5 Å². The summed E-state index contributed by atoms with van der Waals surface area (Å²) in [6.45, 7) is 1.12. The maximum Gasteiger partial charge on any atom is 0.0458 e. The minimum Gasteiger partial charge on any atom is -0.361 e. The Kier molecular flexibility index (Phi) is 1.79. The molecule has 2 N–H and O–H groups in total. The first-order valence-electron chi connectivity index (χ1n) is 4.84. The number of H-pyrrole nitrogens is 1. The molecule has 1 saturated heterocycles. The highest BCUT2D eigenvalue weighted by Crippen LogP contribution is 2.31. The summed E-state index contributed by atoms with van der Waals surface area (Å²) in [6.07, 6.45) is 3.30. The second-order valence-corrected chi connectivity index (χ2v) is 4.17. The summed E-state index contributed by atoms with van der Waals surface area (Å²) >= 11 is 5.98. The van der Waals surface area contributed by atoms with Crippen LogP contribution in [0.1, 0.15) is 18.0 Å². The highest BCUT2D eigenvalue weighted by atomic mass is 35.5. The van der Waals surface area contributed by atoms with Crippen LogP contribution in [0.5, 0.6) is 0 Å². The molecule has 0 radical (unpaired) electrons. The van der Waals surface area contributed by atoms with Crippen LogP contribution in [-0.2, 0) is 0 Å². The molecule has 0 aliphatic carbocycles. The molecule has 1 aromatic carbocycles. The van der Waals surface area contributed by atoms with Crippen LogP contribution >= 0.6 is 11.6 Å². The van der Waals surface area contributed by atoms with E-state index in [0.717, 1.165) is 17.1 Å². The van der Waals surface area contributed by atoms with Crippen molar-refractivity contribution in [3.8, 4) is 0 Å². The monoisotopic (exact) mass is 206 g/mol. The van der Waals surface area contributed by atoms with E-state index in [-0.39, 0.29) is 0 Å². The van der Waals surface area contributed by atoms with E-state index in [0.29, 0.717) is 6.04 Å². The van der Waals surface area contributed by atoms with Gasteiger partial charge in [0.25, 0.3) is 0 Å². The average Bonchev–Trinajstić information content (AvgIpc) is 2.46. The topological polar surface area (TPSA) is 27.8 Å². The lowest BCUT2D eigenvalue weighted by molar-refractivity contribution is 0.385. The molecule has 2 heterocycles. The van der Waals surface area contributed by atoms with Crippen molar-refractivity contribution in [3.05, 3.63) is 35.0 Å². The maximum absolute atomic E-state index is 5.98. The fourth-order valence-corrected chi connectivity index (χ4v) is 2.13. The Balaban J connectivity index is 2.18. The van der Waals surface area contributed by atoms with Gasteiger partial charge >= 0.3 is 0 Å². The summed E-state index contributed by atoms with van der Waals surface area (Å²) in [7, 11) is 0. The van der Waals surface area contributed by atoms with Crippen molar-refractivity contribution in [1.29, 1.82) is 0 Å². The van der Waals surface area contributed by atoms with Crippen molar-refractivity contribution in [3.63, 3.8) is 0 Å². The Morgan fingerprint density at radius 3 is 2.93 bits per heavy atom. The van der Waals surface area contributed by atoms with Crippen molar-refractivity contribution in [1.82, 2.24) is 10.3 Å². The Labute approximate surface area is 87.3 Å². The molecule has 72 valence electrons. The SMILES string of the molecule is Clc1ccc2[nH]cc([C@H]3CCN3)c2c1. The second kappa shape index (κ2) is 3.01. The second-order valence-electron chi connectivity index (χ2n) is 3.73. The summed E-state index contributed by atoms with van der Waals surface area (Å²) < 4.78 is 0. The van der Waals surface area contributed by atoms with Crippen LogP contribution in [-0.4, -0.2) is 11.5 Å². The van der Waals surface area contributed by atoms with E-state index >= 15 is 0 Å². The zero-order valence-electron chi connectivity index (χ0n) is 7.68. The molecule has 1 fully saturated rings. The minimum absolute atomic E-state index is 0.516. The Hall–Kier alpha value is -0.990. The predicted molar refractivity (Wildman–Crippen MR) is 58.7 cm³/mol. The van der Waals surface area contributed by atoms with Crippen LogP contribution in [0, 0.1) is 0 Å². The van der Waals surface area contributed by atoms with Crippen molar-refractivity contribution < 1.29 is 0 Å². The van der Waals surface area contributed by atoms with Gasteiger partial charge in [-0.25, -0.2) is 0 Å². The first kappa shape index (κ1) is 8.33. The molecule has 0 bridgehead atoms. The highest BCUT2D eigenvalue weighted by Gasteiger charge is 2.21. The summed E-state index contributed by atoms with van der Waals surface area (Å²) in [4.78, 5) is 3.27. The van der Waals surface area contributed by atoms with Gasteiger partial charge in [0.2, 0.25) is 0 Å². The number of rotatable bonds is 1. The van der Waals surface area contributed by atoms with Gasteiger partial charge in [-0.15, -0.1) is 0 Å². The van der Waals surface area contributed by atoms with E-state index in [1.807, 2.05) is 18.2 Å². The van der Waals surface area contributed by atoms with Crippen molar-refractivity contribution in [2.24, 2.45) is 0 Å². The molecule has 0 amide bonds. The third-order valence-electron chi connectivity index (χ3n) is 2.87. The molecule has 14 heavy (non-hydrogen) atoms. The molecule has 1 atom stereocenters. The van der Waals surface area contributed by atoms with Crippen molar-refractivity contribution >= 4 is 22.5 Å². The number of hydrogen-bond donors (Lipinski definition) is 2. The Morgan fingerprint density at radius 1 is 1.36 bits per heavy atom. The number of nitrogens with one attached hydrogen (secondary N) is 2. The normalized spacial score (nSPS) is 21.1. The quantitative estimate of drug-likeness (QED) is 0.738. The van der Waals surface area contributed by atoms with Gasteiger partial charge in [-0.1, -0.05) is 11.6 Å². The van der Waals surface area contributed by atoms with Gasteiger partial charge in [-0.2, -0.15) is 0 Å². The number of benzene rings is 1. The molecule has 1 aromatic heterocycles. The Morgan fingerprint density at radius 2 is 2.21 bits per heavy atom. The molecule has 1 aliphatic rings. The van der Waals surface area contributed by atoms with Crippen LogP contribution in [0.25, 0.3) is 10.9 Å². The zero-order chi connectivity index (χ0) is 9.54. The summed E-state index contributed by atoms with van der Waals surface area (Å²) in [5.74, 6) is 0. The first-order chi connectivity index (χ1) is 6.84. The summed E-state index contributed by atoms with van der Waals surface area (Å²) in [6, 6.07) is 6.49. The first-order valence-corrected chi connectivity index (χ1v) is 5.22. The predicted octanol–water partition coefficient (Wildman–Crippen LogP) is 2.86. The third kappa shape index (κ3) is 1.15. The van der Waals surface area contributed by atoms with Gasteiger partial charge in [0.1, 0.15) is 0 Å². The van der Waals surface area contributed by atoms with Gasteiger partial charge in [-0.3, -0.25) is 0 Å². The lowest BCUT2D eigenvalue weighted by atomic mass is 9.98. The number of hydrogen-bond acceptors (Lipinski definition) is 1. The smallest absolute Gasteiger partial charge is 0.0458 e. The van der Waals surface area contributed by atoms with E-state index in [1.54, 1.807) is 0 Å². The molecule has 0 saturated carbocycles. The third-order valence-corrected chi connectivity index (χ3v) is 3.11. The fourth-order valence-electron chi connectivity index (χ4n) is 1.96. The van der Waals surface area contributed by atoms with Gasteiger partial charge in [-0.05, 0) is 36.7 Å². The van der Waals surface area contributed by atoms with Crippen LogP contribution in [0.15, 0.2) is 24.4 Å². The van der Waals surface area contributed by atoms with E-state index in [1.165, 1.54) is 17.4 Å². The molecule has 3 heteroatoms. The minimum atomic E-state index is 0.516. The van der Waals surface area contributed by atoms with Crippen LogP contribution in [0.4, 0.5) is 0 Å². The average molecular weight is 207 g/mol. The largest absolute Gasteiger partial charge is 0.361 e. The summed E-state index contributed by atoms with van der Waals surface area (Å²) in [5.41, 5.74) is 2.51. The number of aromatic amines is 1. The lowest BCUT2D eigenvalue weighted by Crippen LogP contribution is -2.34. The molecule has 2 aromatic rings. The standard InChI is InChI=1S/C11H11ClN2/c12-7-1-2-10-8(5-7)9(6-14-10)11-3-4-13-11/h1-2,5-6,11,13-14H,3-4H2/t11-/m1/s1. The number of aromatic nitrogens is 1. The molecule has 3 rings (SSSR count). The van der Waals surface area contributed by atoms with Crippen LogP contribution in [0.2, 0.25) is 5.02 Å². The lowest BCUT2D eigenvalue weighted by Gasteiger charge is -2.27. The van der Waals surface area contributed by atoms with E-state index in [9.17, 15) is 0 Å². The van der Waals surface area contributed by atoms with Gasteiger partial charge in [0, 0.05) is 28.2 Å². The molecular formula is C11H11ClN2. The van der Waals surface area contributed by atoms with Crippen LogP contribution < -0.4 is 5.32 Å². The fraction of sp³-hybridized carbons (Fsp3) is 0.273. The van der Waals surface area contributed by atoms with Gasteiger partial charge in [0.05, 0.1) is 0 Å². The number of halogens is 1. The summed E-state index contributed by atoms with van der Waals surface area (Å²) in [5, 5.41) is 5.44. The van der Waals surface area contributed by atoms with Crippen molar-refractivity contribution in [2.75, 3.05) is 6.54 Å². The molecule has 0 unspecified atom stereocenters. The highest BCUT2D eigenvalue weighted by molar-refractivity contribution is 6.31. The maximum atomic E-state index is 5.98. The van der Waals surface area contributed by atoms with E-state index in [2.05, 4.69) is 16.5 Å². The van der Waals surface area contributed by atoms with E-state index < -0.39 is 0 Å². The number of fused-ring (bicyclic) bond motifs is 1. The molecule has 0 spiro atoms. The van der Waals surface area contributed by atoms with Gasteiger partial charge in [0.15, 0.2) is 0 Å².